The molecule has 3 aromatic rings. The summed E-state index contributed by atoms with van der Waals surface area (Å²) in [7, 11) is 1.69. The minimum absolute atomic E-state index is 0.534. The fourth-order valence-electron chi connectivity index (χ4n) is 2.52. The maximum atomic E-state index is 6.34. The number of methoxy groups -OCH3 is 1. The van der Waals surface area contributed by atoms with E-state index in [2.05, 4.69) is 20.9 Å². The van der Waals surface area contributed by atoms with E-state index in [1.807, 2.05) is 47.7 Å². The Morgan fingerprint density at radius 2 is 2.00 bits per heavy atom. The van der Waals surface area contributed by atoms with Crippen LogP contribution in [0.5, 0.6) is 0 Å². The first-order valence-corrected chi connectivity index (χ1v) is 7.43. The number of halogens is 1. The van der Waals surface area contributed by atoms with Crippen molar-refractivity contribution >= 4 is 27.4 Å². The number of anilines is 1. The number of fused-ring (bicyclic) bond motifs is 1. The van der Waals surface area contributed by atoms with Gasteiger partial charge in [-0.15, -0.1) is 0 Å². The number of nitrogens with two attached hydrogens (primary N) is 1. The molecule has 0 saturated carbocycles. The van der Waals surface area contributed by atoms with Crippen LogP contribution in [-0.4, -0.2) is 16.5 Å². The molecule has 108 valence electrons. The number of rotatable bonds is 3. The molecule has 5 heteroatoms. The number of imidazole rings is 1. The zero-order valence-electron chi connectivity index (χ0n) is 11.9. The molecule has 0 unspecified atom stereocenters. The van der Waals surface area contributed by atoms with E-state index in [4.69, 9.17) is 10.5 Å². The molecule has 0 radical (unpaired) electrons. The SMILES string of the molecule is COCc1ccccc1-c1nc2ccc(Br)c(C)n2c1N. The fourth-order valence-corrected chi connectivity index (χ4v) is 2.83. The highest BCUT2D eigenvalue weighted by molar-refractivity contribution is 9.10. The Bertz CT molecular complexity index is 811. The minimum atomic E-state index is 0.534. The third-order valence-corrected chi connectivity index (χ3v) is 4.41. The number of ether oxygens (including phenoxy) is 1. The third kappa shape index (κ3) is 2.32. The van der Waals surface area contributed by atoms with Gasteiger partial charge >= 0.3 is 0 Å². The van der Waals surface area contributed by atoms with Gasteiger partial charge in [0, 0.05) is 22.8 Å². The second-order valence-corrected chi connectivity index (χ2v) is 5.75. The molecule has 0 aliphatic rings. The van der Waals surface area contributed by atoms with Crippen LogP contribution in [0.2, 0.25) is 0 Å². The maximum absolute atomic E-state index is 6.34. The lowest BCUT2D eigenvalue weighted by atomic mass is 10.1. The Kier molecular flexibility index (Phi) is 3.69. The second-order valence-electron chi connectivity index (χ2n) is 4.90. The van der Waals surface area contributed by atoms with Crippen LogP contribution < -0.4 is 5.73 Å². The molecular formula is C16H16BrN3O. The predicted molar refractivity (Wildman–Crippen MR) is 88.2 cm³/mol. The molecule has 0 bridgehead atoms. The molecule has 4 nitrogen and oxygen atoms in total. The zero-order valence-corrected chi connectivity index (χ0v) is 13.5. The highest BCUT2D eigenvalue weighted by Crippen LogP contribution is 2.31. The van der Waals surface area contributed by atoms with Crippen LogP contribution in [0.1, 0.15) is 11.3 Å². The molecule has 2 aromatic heterocycles. The molecule has 0 aliphatic heterocycles. The molecule has 2 N–H and O–H groups in total. The molecule has 0 amide bonds. The zero-order chi connectivity index (χ0) is 15.0. The van der Waals surface area contributed by atoms with E-state index in [1.165, 1.54) is 0 Å². The molecule has 0 saturated heterocycles. The van der Waals surface area contributed by atoms with Gasteiger partial charge in [-0.25, -0.2) is 4.98 Å². The van der Waals surface area contributed by atoms with Gasteiger partial charge in [0.05, 0.1) is 6.61 Å². The molecule has 3 rings (SSSR count). The maximum Gasteiger partial charge on any atom is 0.139 e. The fraction of sp³-hybridized carbons (Fsp3) is 0.188. The summed E-state index contributed by atoms with van der Waals surface area (Å²) in [6, 6.07) is 12.0. The third-order valence-electron chi connectivity index (χ3n) is 3.57. The Hall–Kier alpha value is -1.85. The predicted octanol–water partition coefficient (Wildman–Crippen LogP) is 3.80. The number of pyridine rings is 1. The number of benzene rings is 1. The van der Waals surface area contributed by atoms with Crippen molar-refractivity contribution in [1.29, 1.82) is 0 Å². The summed E-state index contributed by atoms with van der Waals surface area (Å²) in [6.45, 7) is 2.55. The lowest BCUT2D eigenvalue weighted by molar-refractivity contribution is 0.185. The first-order valence-electron chi connectivity index (χ1n) is 6.63. The summed E-state index contributed by atoms with van der Waals surface area (Å²) < 4.78 is 8.24. The van der Waals surface area contributed by atoms with Crippen molar-refractivity contribution in [2.45, 2.75) is 13.5 Å². The number of hydrogen-bond donors (Lipinski definition) is 1. The van der Waals surface area contributed by atoms with Gasteiger partial charge in [-0.05, 0) is 40.5 Å². The van der Waals surface area contributed by atoms with E-state index in [-0.39, 0.29) is 0 Å². The van der Waals surface area contributed by atoms with E-state index in [1.54, 1.807) is 7.11 Å². The van der Waals surface area contributed by atoms with Gasteiger partial charge in [0.25, 0.3) is 0 Å². The van der Waals surface area contributed by atoms with Crippen LogP contribution in [0.3, 0.4) is 0 Å². The smallest absolute Gasteiger partial charge is 0.139 e. The van der Waals surface area contributed by atoms with E-state index in [9.17, 15) is 0 Å². The molecule has 1 aromatic carbocycles. The molecule has 0 fully saturated rings. The largest absolute Gasteiger partial charge is 0.383 e. The highest BCUT2D eigenvalue weighted by atomic mass is 79.9. The van der Waals surface area contributed by atoms with Crippen LogP contribution in [-0.2, 0) is 11.3 Å². The second kappa shape index (κ2) is 5.50. The summed E-state index contributed by atoms with van der Waals surface area (Å²) in [6.07, 6.45) is 0. The molecular weight excluding hydrogens is 330 g/mol. The number of nitrogens with zero attached hydrogens (tertiary/aromatic N) is 2. The molecule has 2 heterocycles. The Balaban J connectivity index is 2.27. The van der Waals surface area contributed by atoms with Crippen molar-refractivity contribution in [3.8, 4) is 11.3 Å². The Morgan fingerprint density at radius 1 is 1.24 bits per heavy atom. The summed E-state index contributed by atoms with van der Waals surface area (Å²) in [5.41, 5.74) is 11.1. The van der Waals surface area contributed by atoms with Gasteiger partial charge in [0.1, 0.15) is 17.2 Å². The van der Waals surface area contributed by atoms with E-state index in [0.717, 1.165) is 32.6 Å². The van der Waals surface area contributed by atoms with Crippen molar-refractivity contribution in [1.82, 2.24) is 9.38 Å². The summed E-state index contributed by atoms with van der Waals surface area (Å²) in [5, 5.41) is 0. The van der Waals surface area contributed by atoms with Crippen molar-refractivity contribution in [3.63, 3.8) is 0 Å². The monoisotopic (exact) mass is 345 g/mol. The number of aromatic nitrogens is 2. The van der Waals surface area contributed by atoms with Crippen LogP contribution in [0.25, 0.3) is 16.9 Å². The van der Waals surface area contributed by atoms with Crippen molar-refractivity contribution in [2.75, 3.05) is 12.8 Å². The normalized spacial score (nSPS) is 11.2. The van der Waals surface area contributed by atoms with Gasteiger partial charge in [-0.1, -0.05) is 24.3 Å². The molecule has 21 heavy (non-hydrogen) atoms. The van der Waals surface area contributed by atoms with E-state index in [0.29, 0.717) is 12.4 Å². The van der Waals surface area contributed by atoms with Crippen LogP contribution in [0.15, 0.2) is 40.9 Å². The highest BCUT2D eigenvalue weighted by Gasteiger charge is 2.16. The average molecular weight is 346 g/mol. The van der Waals surface area contributed by atoms with Gasteiger partial charge in [0.15, 0.2) is 0 Å². The minimum Gasteiger partial charge on any atom is -0.383 e. The molecule has 0 aliphatic carbocycles. The topological polar surface area (TPSA) is 52.5 Å². The summed E-state index contributed by atoms with van der Waals surface area (Å²) in [5.74, 6) is 0.646. The number of aryl methyl sites for hydroxylation is 1. The number of nitrogen functional groups attached to an aromatic ring is 1. The lowest BCUT2D eigenvalue weighted by Crippen LogP contribution is -1.99. The van der Waals surface area contributed by atoms with Crippen molar-refractivity contribution in [2.24, 2.45) is 0 Å². The van der Waals surface area contributed by atoms with Gasteiger partial charge in [-0.2, -0.15) is 0 Å². The Morgan fingerprint density at radius 3 is 2.76 bits per heavy atom. The standard InChI is InChI=1S/C16H16BrN3O/c1-10-13(17)7-8-14-19-15(16(18)20(10)14)12-6-4-3-5-11(12)9-21-2/h3-8H,9,18H2,1-2H3. The Labute approximate surface area is 131 Å². The van der Waals surface area contributed by atoms with Gasteiger partial charge < -0.3 is 10.5 Å². The van der Waals surface area contributed by atoms with Crippen LogP contribution in [0.4, 0.5) is 5.82 Å². The van der Waals surface area contributed by atoms with Gasteiger partial charge in [0.2, 0.25) is 0 Å². The van der Waals surface area contributed by atoms with Crippen LogP contribution in [0, 0.1) is 6.92 Å². The number of hydrogen-bond acceptors (Lipinski definition) is 3. The average Bonchev–Trinajstić information content (AvgIpc) is 2.82. The van der Waals surface area contributed by atoms with Crippen molar-refractivity contribution in [3.05, 3.63) is 52.1 Å². The van der Waals surface area contributed by atoms with Crippen molar-refractivity contribution < 1.29 is 4.74 Å². The van der Waals surface area contributed by atoms with E-state index < -0.39 is 0 Å². The van der Waals surface area contributed by atoms with Gasteiger partial charge in [-0.3, -0.25) is 4.40 Å². The van der Waals surface area contributed by atoms with Crippen LogP contribution >= 0.6 is 15.9 Å². The first kappa shape index (κ1) is 14.1. The summed E-state index contributed by atoms with van der Waals surface area (Å²) >= 11 is 3.53. The molecule has 0 atom stereocenters. The summed E-state index contributed by atoms with van der Waals surface area (Å²) in [4.78, 5) is 4.69. The lowest BCUT2D eigenvalue weighted by Gasteiger charge is -2.08. The van der Waals surface area contributed by atoms with E-state index >= 15 is 0 Å². The first-order chi connectivity index (χ1) is 10.1. The quantitative estimate of drug-likeness (QED) is 0.785. The molecule has 0 spiro atoms.